The SMILES string of the molecule is Cc1cc([C@@](C)(O)CNC(=O)c2ccccc2OC(F)F)c(C)o1. The molecule has 5 nitrogen and oxygen atoms in total. The van der Waals surface area contributed by atoms with Crippen molar-refractivity contribution in [3.63, 3.8) is 0 Å². The highest BCUT2D eigenvalue weighted by Crippen LogP contribution is 2.27. The highest BCUT2D eigenvalue weighted by molar-refractivity contribution is 5.96. The van der Waals surface area contributed by atoms with E-state index in [0.29, 0.717) is 17.1 Å². The summed E-state index contributed by atoms with van der Waals surface area (Å²) in [5.41, 5.74) is -0.846. The molecule has 0 aliphatic carbocycles. The molecule has 24 heavy (non-hydrogen) atoms. The van der Waals surface area contributed by atoms with Gasteiger partial charge in [-0.25, -0.2) is 0 Å². The van der Waals surface area contributed by atoms with Crippen molar-refractivity contribution < 1.29 is 27.8 Å². The van der Waals surface area contributed by atoms with Gasteiger partial charge in [0.05, 0.1) is 12.1 Å². The number of ether oxygens (including phenoxy) is 1. The first kappa shape index (κ1) is 17.9. The fourth-order valence-electron chi connectivity index (χ4n) is 2.46. The van der Waals surface area contributed by atoms with Crippen LogP contribution in [-0.4, -0.2) is 24.2 Å². The molecule has 0 fully saturated rings. The van der Waals surface area contributed by atoms with Crippen molar-refractivity contribution in [1.29, 1.82) is 0 Å². The summed E-state index contributed by atoms with van der Waals surface area (Å²) >= 11 is 0. The third-order valence-electron chi connectivity index (χ3n) is 3.56. The summed E-state index contributed by atoms with van der Waals surface area (Å²) in [6, 6.07) is 7.37. The summed E-state index contributed by atoms with van der Waals surface area (Å²) in [5, 5.41) is 13.1. The molecular weight excluding hydrogens is 320 g/mol. The van der Waals surface area contributed by atoms with Crippen LogP contribution >= 0.6 is 0 Å². The third kappa shape index (κ3) is 4.11. The quantitative estimate of drug-likeness (QED) is 0.848. The topological polar surface area (TPSA) is 71.7 Å². The van der Waals surface area contributed by atoms with E-state index in [1.807, 2.05) is 0 Å². The van der Waals surface area contributed by atoms with E-state index in [-0.39, 0.29) is 17.9 Å². The molecule has 0 aliphatic rings. The van der Waals surface area contributed by atoms with Crippen molar-refractivity contribution in [2.24, 2.45) is 0 Å². The van der Waals surface area contributed by atoms with E-state index in [9.17, 15) is 18.7 Å². The average Bonchev–Trinajstić information content (AvgIpc) is 2.84. The first-order valence-electron chi connectivity index (χ1n) is 7.32. The molecule has 0 spiro atoms. The van der Waals surface area contributed by atoms with Gasteiger partial charge in [0, 0.05) is 5.56 Å². The minimum Gasteiger partial charge on any atom is -0.466 e. The van der Waals surface area contributed by atoms with Crippen molar-refractivity contribution in [2.45, 2.75) is 33.0 Å². The molecule has 2 rings (SSSR count). The minimum atomic E-state index is -3.03. The molecule has 0 bridgehead atoms. The normalized spacial score (nSPS) is 13.6. The lowest BCUT2D eigenvalue weighted by atomic mass is 9.96. The maximum absolute atomic E-state index is 12.4. The van der Waals surface area contributed by atoms with E-state index < -0.39 is 18.1 Å². The fraction of sp³-hybridized carbons (Fsp3) is 0.353. The Labute approximate surface area is 138 Å². The number of carbonyl (C=O) groups is 1. The van der Waals surface area contributed by atoms with Crippen molar-refractivity contribution in [3.05, 3.63) is 53.0 Å². The van der Waals surface area contributed by atoms with Crippen LogP contribution in [0.15, 0.2) is 34.7 Å². The number of aryl methyl sites for hydroxylation is 2. The van der Waals surface area contributed by atoms with Crippen LogP contribution in [0.2, 0.25) is 0 Å². The summed E-state index contributed by atoms with van der Waals surface area (Å²) in [6.07, 6.45) is 0. The lowest BCUT2D eigenvalue weighted by Crippen LogP contribution is -2.39. The number of hydrogen-bond acceptors (Lipinski definition) is 4. The van der Waals surface area contributed by atoms with Gasteiger partial charge in [0.1, 0.15) is 22.9 Å². The zero-order valence-electron chi connectivity index (χ0n) is 13.6. The first-order valence-corrected chi connectivity index (χ1v) is 7.32. The summed E-state index contributed by atoms with van der Waals surface area (Å²) in [7, 11) is 0. The maximum Gasteiger partial charge on any atom is 0.387 e. The lowest BCUT2D eigenvalue weighted by molar-refractivity contribution is -0.0502. The van der Waals surface area contributed by atoms with Gasteiger partial charge in [-0.2, -0.15) is 8.78 Å². The maximum atomic E-state index is 12.4. The van der Waals surface area contributed by atoms with Crippen LogP contribution in [0.25, 0.3) is 0 Å². The van der Waals surface area contributed by atoms with Crippen molar-refractivity contribution in [2.75, 3.05) is 6.54 Å². The Hall–Kier alpha value is -2.41. The van der Waals surface area contributed by atoms with E-state index in [4.69, 9.17) is 4.42 Å². The standard InChI is InChI=1S/C17H19F2NO4/c1-10-8-13(11(2)23-10)17(3,22)9-20-15(21)12-6-4-5-7-14(12)24-16(18)19/h4-8,16,22H,9H2,1-3H3,(H,20,21)/t17-/m0/s1. The number of furan rings is 1. The molecule has 130 valence electrons. The van der Waals surface area contributed by atoms with Gasteiger partial charge in [0.2, 0.25) is 0 Å². The number of alkyl halides is 2. The molecule has 0 radical (unpaired) electrons. The van der Waals surface area contributed by atoms with Crippen LogP contribution in [0.5, 0.6) is 5.75 Å². The molecule has 1 amide bonds. The second-order valence-electron chi connectivity index (χ2n) is 5.66. The van der Waals surface area contributed by atoms with Crippen LogP contribution in [-0.2, 0) is 5.60 Å². The van der Waals surface area contributed by atoms with E-state index in [2.05, 4.69) is 10.1 Å². The van der Waals surface area contributed by atoms with Gasteiger partial charge >= 0.3 is 6.61 Å². The second kappa shape index (κ2) is 7.00. The molecule has 0 unspecified atom stereocenters. The lowest BCUT2D eigenvalue weighted by Gasteiger charge is -2.23. The summed E-state index contributed by atoms with van der Waals surface area (Å²) in [4.78, 5) is 12.2. The number of carbonyl (C=O) groups excluding carboxylic acids is 1. The Morgan fingerprint density at radius 3 is 2.62 bits per heavy atom. The molecule has 0 saturated carbocycles. The number of hydrogen-bond donors (Lipinski definition) is 2. The minimum absolute atomic E-state index is 0.0336. The van der Waals surface area contributed by atoms with E-state index in [1.54, 1.807) is 19.9 Å². The molecule has 1 heterocycles. The zero-order chi connectivity index (χ0) is 17.9. The predicted molar refractivity (Wildman–Crippen MR) is 83.2 cm³/mol. The predicted octanol–water partition coefficient (Wildman–Crippen LogP) is 3.14. The van der Waals surface area contributed by atoms with Gasteiger partial charge in [0.25, 0.3) is 5.91 Å². The molecule has 0 saturated heterocycles. The average molecular weight is 339 g/mol. The number of para-hydroxylation sites is 1. The largest absolute Gasteiger partial charge is 0.466 e. The fourth-order valence-corrected chi connectivity index (χ4v) is 2.46. The Morgan fingerprint density at radius 1 is 1.38 bits per heavy atom. The third-order valence-corrected chi connectivity index (χ3v) is 3.56. The second-order valence-corrected chi connectivity index (χ2v) is 5.66. The number of rotatable bonds is 6. The molecule has 7 heteroatoms. The molecule has 0 aliphatic heterocycles. The number of amides is 1. The number of nitrogens with one attached hydrogen (secondary N) is 1. The van der Waals surface area contributed by atoms with Gasteiger partial charge in [-0.15, -0.1) is 0 Å². The monoisotopic (exact) mass is 339 g/mol. The highest BCUT2D eigenvalue weighted by Gasteiger charge is 2.28. The zero-order valence-corrected chi connectivity index (χ0v) is 13.6. The molecule has 2 aromatic rings. The highest BCUT2D eigenvalue weighted by atomic mass is 19.3. The van der Waals surface area contributed by atoms with Crippen LogP contribution < -0.4 is 10.1 Å². The van der Waals surface area contributed by atoms with Crippen molar-refractivity contribution >= 4 is 5.91 Å². The van der Waals surface area contributed by atoms with Crippen LogP contribution in [0.1, 0.15) is 34.4 Å². The first-order chi connectivity index (χ1) is 11.2. The van der Waals surface area contributed by atoms with Gasteiger partial charge in [-0.05, 0) is 39.0 Å². The number of benzene rings is 1. The summed E-state index contributed by atoms with van der Waals surface area (Å²) in [6.45, 7) is 1.85. The van der Waals surface area contributed by atoms with Gasteiger partial charge < -0.3 is 19.6 Å². The molecule has 1 aromatic carbocycles. The van der Waals surface area contributed by atoms with Gasteiger partial charge in [0.15, 0.2) is 0 Å². The molecule has 1 atom stereocenters. The Bertz CT molecular complexity index is 725. The van der Waals surface area contributed by atoms with Gasteiger partial charge in [-0.1, -0.05) is 12.1 Å². The van der Waals surface area contributed by atoms with Crippen molar-refractivity contribution in [1.82, 2.24) is 5.32 Å². The Kier molecular flexibility index (Phi) is 5.23. The van der Waals surface area contributed by atoms with E-state index in [1.165, 1.54) is 31.2 Å². The molecule has 2 N–H and O–H groups in total. The van der Waals surface area contributed by atoms with Crippen LogP contribution in [0.4, 0.5) is 8.78 Å². The van der Waals surface area contributed by atoms with Gasteiger partial charge in [-0.3, -0.25) is 4.79 Å². The van der Waals surface area contributed by atoms with Crippen molar-refractivity contribution in [3.8, 4) is 5.75 Å². The van der Waals surface area contributed by atoms with E-state index in [0.717, 1.165) is 0 Å². The molecule has 1 aromatic heterocycles. The smallest absolute Gasteiger partial charge is 0.387 e. The Balaban J connectivity index is 2.12. The number of aliphatic hydroxyl groups is 1. The molecular formula is C17H19F2NO4. The van der Waals surface area contributed by atoms with Crippen LogP contribution in [0, 0.1) is 13.8 Å². The Morgan fingerprint density at radius 2 is 2.04 bits per heavy atom. The summed E-state index contributed by atoms with van der Waals surface area (Å²) < 4.78 is 34.5. The number of halogens is 2. The van der Waals surface area contributed by atoms with Crippen LogP contribution in [0.3, 0.4) is 0 Å². The van der Waals surface area contributed by atoms with E-state index >= 15 is 0 Å². The summed E-state index contributed by atoms with van der Waals surface area (Å²) in [5.74, 6) is 0.349.